The summed E-state index contributed by atoms with van der Waals surface area (Å²) >= 11 is 0. The molecule has 0 spiro atoms. The van der Waals surface area contributed by atoms with Crippen LogP contribution in [0.25, 0.3) is 0 Å². The fourth-order valence-corrected chi connectivity index (χ4v) is 0.932. The number of hydrogen-bond acceptors (Lipinski definition) is 3. The molecule has 1 amide bonds. The standard InChI is InChI=1S/C9H16N2O2/c1-8(5-6-10)11-9(13)4-2-3-7-12/h8,12H,2-5,7H2,1H3,(H,11,13). The molecule has 4 nitrogen and oxygen atoms in total. The zero-order valence-corrected chi connectivity index (χ0v) is 7.92. The van der Waals surface area contributed by atoms with E-state index in [4.69, 9.17) is 10.4 Å². The molecule has 2 N–H and O–H groups in total. The van der Waals surface area contributed by atoms with Crippen LogP contribution in [0.4, 0.5) is 0 Å². The topological polar surface area (TPSA) is 73.1 Å². The minimum Gasteiger partial charge on any atom is -0.396 e. The van der Waals surface area contributed by atoms with E-state index in [1.54, 1.807) is 6.92 Å². The Balaban J connectivity index is 3.45. The van der Waals surface area contributed by atoms with Gasteiger partial charge in [0.15, 0.2) is 0 Å². The first-order valence-electron chi connectivity index (χ1n) is 4.48. The lowest BCUT2D eigenvalue weighted by Crippen LogP contribution is -2.31. The van der Waals surface area contributed by atoms with E-state index in [1.165, 1.54) is 0 Å². The normalized spacial score (nSPS) is 11.8. The summed E-state index contributed by atoms with van der Waals surface area (Å²) in [7, 11) is 0. The molecule has 0 bridgehead atoms. The molecule has 0 aliphatic carbocycles. The molecule has 74 valence electrons. The Hall–Kier alpha value is -1.08. The van der Waals surface area contributed by atoms with Gasteiger partial charge >= 0.3 is 0 Å². The lowest BCUT2D eigenvalue weighted by molar-refractivity contribution is -0.121. The Bertz CT molecular complexity index is 187. The van der Waals surface area contributed by atoms with Gasteiger partial charge in [0.2, 0.25) is 5.91 Å². The van der Waals surface area contributed by atoms with Crippen LogP contribution < -0.4 is 5.32 Å². The average molecular weight is 184 g/mol. The minimum absolute atomic E-state index is 0.0452. The molecule has 0 aromatic rings. The maximum absolute atomic E-state index is 11.1. The van der Waals surface area contributed by atoms with Crippen LogP contribution in [-0.2, 0) is 4.79 Å². The van der Waals surface area contributed by atoms with Gasteiger partial charge in [-0.1, -0.05) is 0 Å². The fraction of sp³-hybridized carbons (Fsp3) is 0.778. The van der Waals surface area contributed by atoms with Gasteiger partial charge in [0.25, 0.3) is 0 Å². The van der Waals surface area contributed by atoms with Crippen LogP contribution in [0.3, 0.4) is 0 Å². The van der Waals surface area contributed by atoms with E-state index < -0.39 is 0 Å². The maximum atomic E-state index is 11.1. The lowest BCUT2D eigenvalue weighted by Gasteiger charge is -2.09. The molecule has 13 heavy (non-hydrogen) atoms. The summed E-state index contributed by atoms with van der Waals surface area (Å²) in [6.07, 6.45) is 2.11. The molecule has 0 aliphatic rings. The van der Waals surface area contributed by atoms with Crippen LogP contribution in [-0.4, -0.2) is 23.7 Å². The summed E-state index contributed by atoms with van der Waals surface area (Å²) in [6.45, 7) is 1.92. The van der Waals surface area contributed by atoms with Crippen LogP contribution in [0.2, 0.25) is 0 Å². The Morgan fingerprint density at radius 2 is 2.31 bits per heavy atom. The van der Waals surface area contributed by atoms with Crippen molar-refractivity contribution < 1.29 is 9.90 Å². The predicted octanol–water partition coefficient (Wildman–Crippen LogP) is 0.567. The molecule has 0 rings (SSSR count). The van der Waals surface area contributed by atoms with Gasteiger partial charge in [-0.15, -0.1) is 0 Å². The molecule has 1 atom stereocenters. The maximum Gasteiger partial charge on any atom is 0.220 e. The predicted molar refractivity (Wildman–Crippen MR) is 48.8 cm³/mol. The smallest absolute Gasteiger partial charge is 0.220 e. The summed E-state index contributed by atoms with van der Waals surface area (Å²) in [5.74, 6) is -0.0452. The van der Waals surface area contributed by atoms with E-state index in [9.17, 15) is 4.79 Å². The third-order valence-electron chi connectivity index (χ3n) is 1.62. The molecule has 0 fully saturated rings. The first kappa shape index (κ1) is 11.9. The number of nitriles is 1. The second kappa shape index (κ2) is 7.56. The van der Waals surface area contributed by atoms with Crippen molar-refractivity contribution in [2.45, 2.75) is 38.6 Å². The highest BCUT2D eigenvalue weighted by atomic mass is 16.2. The average Bonchev–Trinajstić information content (AvgIpc) is 2.05. The lowest BCUT2D eigenvalue weighted by atomic mass is 10.2. The van der Waals surface area contributed by atoms with E-state index >= 15 is 0 Å². The number of aliphatic hydroxyl groups is 1. The number of amides is 1. The second-order valence-corrected chi connectivity index (χ2v) is 3.01. The molecule has 0 aromatic heterocycles. The number of nitrogens with zero attached hydrogens (tertiary/aromatic N) is 1. The van der Waals surface area contributed by atoms with E-state index in [0.29, 0.717) is 25.7 Å². The third kappa shape index (κ3) is 7.29. The number of carbonyl (C=O) groups excluding carboxylic acids is 1. The number of aliphatic hydroxyl groups excluding tert-OH is 1. The van der Waals surface area contributed by atoms with E-state index in [1.807, 2.05) is 6.07 Å². The van der Waals surface area contributed by atoms with Crippen molar-refractivity contribution in [1.29, 1.82) is 5.26 Å². The Labute approximate surface area is 78.6 Å². The molecule has 0 saturated carbocycles. The van der Waals surface area contributed by atoms with Crippen LogP contribution in [0, 0.1) is 11.3 Å². The number of nitrogens with one attached hydrogen (secondary N) is 1. The Kier molecular flexibility index (Phi) is 6.93. The monoisotopic (exact) mass is 184 g/mol. The van der Waals surface area contributed by atoms with Gasteiger partial charge in [-0.25, -0.2) is 0 Å². The van der Waals surface area contributed by atoms with Crippen molar-refractivity contribution in [3.8, 4) is 6.07 Å². The third-order valence-corrected chi connectivity index (χ3v) is 1.62. The van der Waals surface area contributed by atoms with Crippen molar-refractivity contribution in [3.63, 3.8) is 0 Å². The minimum atomic E-state index is -0.0772. The molecule has 0 aromatic carbocycles. The van der Waals surface area contributed by atoms with Gasteiger partial charge in [-0.05, 0) is 19.8 Å². The first-order valence-corrected chi connectivity index (χ1v) is 4.48. The van der Waals surface area contributed by atoms with Crippen molar-refractivity contribution in [1.82, 2.24) is 5.32 Å². The largest absolute Gasteiger partial charge is 0.396 e. The SMILES string of the molecule is CC(CC#N)NC(=O)CCCCO. The highest BCUT2D eigenvalue weighted by molar-refractivity contribution is 5.76. The molecule has 1 unspecified atom stereocenters. The van der Waals surface area contributed by atoms with Crippen molar-refractivity contribution >= 4 is 5.91 Å². The molecule has 4 heteroatoms. The molecule has 0 saturated heterocycles. The van der Waals surface area contributed by atoms with E-state index in [0.717, 1.165) is 0 Å². The van der Waals surface area contributed by atoms with E-state index in [2.05, 4.69) is 5.32 Å². The molecular formula is C9H16N2O2. The zero-order valence-electron chi connectivity index (χ0n) is 7.92. The quantitative estimate of drug-likeness (QED) is 0.592. The van der Waals surface area contributed by atoms with Gasteiger partial charge < -0.3 is 10.4 Å². The Morgan fingerprint density at radius 1 is 1.62 bits per heavy atom. The van der Waals surface area contributed by atoms with Crippen molar-refractivity contribution in [2.75, 3.05) is 6.61 Å². The van der Waals surface area contributed by atoms with Gasteiger partial charge in [0, 0.05) is 19.1 Å². The second-order valence-electron chi connectivity index (χ2n) is 3.01. The van der Waals surface area contributed by atoms with Gasteiger partial charge in [0.05, 0.1) is 12.5 Å². The van der Waals surface area contributed by atoms with Gasteiger partial charge in [0.1, 0.15) is 0 Å². The van der Waals surface area contributed by atoms with E-state index in [-0.39, 0.29) is 18.6 Å². The number of rotatable bonds is 6. The summed E-state index contributed by atoms with van der Waals surface area (Å²) in [6, 6.07) is 1.91. The Morgan fingerprint density at radius 3 is 2.85 bits per heavy atom. The zero-order chi connectivity index (χ0) is 10.1. The molecule has 0 radical (unpaired) electrons. The van der Waals surface area contributed by atoms with Crippen molar-refractivity contribution in [3.05, 3.63) is 0 Å². The molecule has 0 aliphatic heterocycles. The van der Waals surface area contributed by atoms with Crippen molar-refractivity contribution in [2.24, 2.45) is 0 Å². The number of hydrogen-bond donors (Lipinski definition) is 2. The highest BCUT2D eigenvalue weighted by Gasteiger charge is 2.05. The summed E-state index contributed by atoms with van der Waals surface area (Å²) in [5.41, 5.74) is 0. The highest BCUT2D eigenvalue weighted by Crippen LogP contribution is 1.96. The summed E-state index contributed by atoms with van der Waals surface area (Å²) < 4.78 is 0. The summed E-state index contributed by atoms with van der Waals surface area (Å²) in [4.78, 5) is 11.1. The van der Waals surface area contributed by atoms with Crippen LogP contribution in [0.1, 0.15) is 32.6 Å². The van der Waals surface area contributed by atoms with Crippen LogP contribution >= 0.6 is 0 Å². The molecule has 0 heterocycles. The van der Waals surface area contributed by atoms with Crippen LogP contribution in [0.15, 0.2) is 0 Å². The number of unbranched alkanes of at least 4 members (excludes halogenated alkanes) is 1. The first-order chi connectivity index (χ1) is 6.20. The summed E-state index contributed by atoms with van der Waals surface area (Å²) in [5, 5.41) is 19.5. The molecular weight excluding hydrogens is 168 g/mol. The van der Waals surface area contributed by atoms with Crippen LogP contribution in [0.5, 0.6) is 0 Å². The fourth-order valence-electron chi connectivity index (χ4n) is 0.932. The number of carbonyl (C=O) groups is 1. The van der Waals surface area contributed by atoms with Gasteiger partial charge in [-0.2, -0.15) is 5.26 Å². The van der Waals surface area contributed by atoms with Gasteiger partial charge in [-0.3, -0.25) is 4.79 Å².